The maximum absolute atomic E-state index is 13.8. The molecule has 1 amide bonds. The molecule has 23 heavy (non-hydrogen) atoms. The molecule has 5 nitrogen and oxygen atoms in total. The third kappa shape index (κ3) is 3.75. The van der Waals surface area contributed by atoms with E-state index in [1.807, 2.05) is 0 Å². The summed E-state index contributed by atoms with van der Waals surface area (Å²) in [5.74, 6) is -8.11. The van der Waals surface area contributed by atoms with E-state index in [1.54, 1.807) is 0 Å². The van der Waals surface area contributed by atoms with Crippen LogP contribution in [-0.2, 0) is 4.79 Å². The number of amides is 1. The fourth-order valence-electron chi connectivity index (χ4n) is 2.73. The highest BCUT2D eigenvalue weighted by Crippen LogP contribution is 2.28. The Hall–Kier alpha value is -2.25. The Morgan fingerprint density at radius 3 is 2.61 bits per heavy atom. The Bertz CT molecular complexity index is 636. The molecule has 1 aliphatic rings. The van der Waals surface area contributed by atoms with E-state index >= 15 is 0 Å². The first kappa shape index (κ1) is 17.1. The van der Waals surface area contributed by atoms with Crippen molar-refractivity contribution < 1.29 is 33.0 Å². The van der Waals surface area contributed by atoms with Gasteiger partial charge in [0.1, 0.15) is 0 Å². The number of nitrogens with zero attached hydrogens (tertiary/aromatic N) is 1. The molecule has 0 aromatic heterocycles. The van der Waals surface area contributed by atoms with Gasteiger partial charge in [0, 0.05) is 19.5 Å². The number of phenols is 1. The van der Waals surface area contributed by atoms with E-state index in [9.17, 15) is 27.9 Å². The van der Waals surface area contributed by atoms with E-state index in [0.29, 0.717) is 25.5 Å². The molecule has 8 heteroatoms. The summed E-state index contributed by atoms with van der Waals surface area (Å²) in [6, 6.07) is 0.424. The second-order valence-corrected chi connectivity index (χ2v) is 5.57. The molecule has 1 saturated heterocycles. The van der Waals surface area contributed by atoms with Gasteiger partial charge in [-0.2, -0.15) is 4.39 Å². The molecule has 126 valence electrons. The van der Waals surface area contributed by atoms with Gasteiger partial charge < -0.3 is 15.1 Å². The molecule has 2 rings (SSSR count). The lowest BCUT2D eigenvalue weighted by Crippen LogP contribution is -2.40. The molecule has 0 spiro atoms. The van der Waals surface area contributed by atoms with Crippen LogP contribution in [-0.4, -0.2) is 40.1 Å². The normalized spacial score (nSPS) is 18.0. The second-order valence-electron chi connectivity index (χ2n) is 5.57. The molecular formula is C15H16F3NO4. The minimum atomic E-state index is -1.74. The summed E-state index contributed by atoms with van der Waals surface area (Å²) in [6.45, 7) is 0.521. The molecule has 1 heterocycles. The number of halogens is 3. The van der Waals surface area contributed by atoms with Crippen LogP contribution in [0.5, 0.6) is 5.75 Å². The maximum atomic E-state index is 13.8. The van der Waals surface area contributed by atoms with Crippen LogP contribution in [0.3, 0.4) is 0 Å². The van der Waals surface area contributed by atoms with Gasteiger partial charge in [0.15, 0.2) is 17.4 Å². The standard InChI is InChI=1S/C15H16F3NO4/c16-10-6-9(12(17)14(22)13(10)18)15(23)19-5-1-2-8(7-19)3-4-11(20)21/h6,8,22H,1-5,7H2,(H,20,21). The van der Waals surface area contributed by atoms with Crippen LogP contribution in [0.2, 0.25) is 0 Å². The first-order valence-corrected chi connectivity index (χ1v) is 7.18. The Morgan fingerprint density at radius 2 is 1.96 bits per heavy atom. The topological polar surface area (TPSA) is 77.8 Å². The van der Waals surface area contributed by atoms with Crippen molar-refractivity contribution in [3.63, 3.8) is 0 Å². The van der Waals surface area contributed by atoms with Gasteiger partial charge in [-0.15, -0.1) is 0 Å². The molecule has 2 N–H and O–H groups in total. The van der Waals surface area contributed by atoms with Crippen molar-refractivity contribution in [2.24, 2.45) is 5.92 Å². The number of rotatable bonds is 4. The molecule has 0 saturated carbocycles. The average molecular weight is 331 g/mol. The maximum Gasteiger partial charge on any atom is 0.303 e. The minimum absolute atomic E-state index is 0.0347. The van der Waals surface area contributed by atoms with Gasteiger partial charge in [-0.3, -0.25) is 9.59 Å². The van der Waals surface area contributed by atoms with Crippen molar-refractivity contribution in [2.75, 3.05) is 13.1 Å². The van der Waals surface area contributed by atoms with E-state index < -0.39 is 40.6 Å². The predicted octanol–water partition coefficient (Wildman–Crippen LogP) is 2.53. The van der Waals surface area contributed by atoms with E-state index in [-0.39, 0.29) is 18.9 Å². The number of hydrogen-bond donors (Lipinski definition) is 2. The van der Waals surface area contributed by atoms with Crippen LogP contribution in [0.25, 0.3) is 0 Å². The van der Waals surface area contributed by atoms with Gasteiger partial charge in [-0.25, -0.2) is 8.78 Å². The first-order valence-electron chi connectivity index (χ1n) is 7.18. The highest BCUT2D eigenvalue weighted by molar-refractivity contribution is 5.95. The second kappa shape index (κ2) is 6.89. The van der Waals surface area contributed by atoms with E-state index in [0.717, 1.165) is 6.42 Å². The van der Waals surface area contributed by atoms with Crippen LogP contribution in [0.15, 0.2) is 6.07 Å². The van der Waals surface area contributed by atoms with Crippen LogP contribution in [0.1, 0.15) is 36.0 Å². The molecule has 1 aromatic carbocycles. The predicted molar refractivity (Wildman–Crippen MR) is 73.5 cm³/mol. The van der Waals surface area contributed by atoms with Gasteiger partial charge in [0.2, 0.25) is 5.82 Å². The van der Waals surface area contributed by atoms with Crippen LogP contribution in [0, 0.1) is 23.4 Å². The summed E-state index contributed by atoms with van der Waals surface area (Å²) in [4.78, 5) is 24.2. The van der Waals surface area contributed by atoms with Crippen molar-refractivity contribution in [2.45, 2.75) is 25.7 Å². The fraction of sp³-hybridized carbons (Fsp3) is 0.467. The monoisotopic (exact) mass is 331 g/mol. The SMILES string of the molecule is O=C(O)CCC1CCCN(C(=O)c2cc(F)c(F)c(O)c2F)C1. The molecule has 0 radical (unpaired) electrons. The number of hydrogen-bond acceptors (Lipinski definition) is 3. The van der Waals surface area contributed by atoms with Gasteiger partial charge in [-0.1, -0.05) is 0 Å². The van der Waals surface area contributed by atoms with Gasteiger partial charge in [0.25, 0.3) is 5.91 Å². The van der Waals surface area contributed by atoms with Crippen LogP contribution >= 0.6 is 0 Å². The first-order chi connectivity index (χ1) is 10.8. The molecule has 1 aromatic rings. The molecule has 1 fully saturated rings. The lowest BCUT2D eigenvalue weighted by Gasteiger charge is -2.32. The van der Waals surface area contributed by atoms with Crippen molar-refractivity contribution in [3.05, 3.63) is 29.1 Å². The molecule has 0 aliphatic carbocycles. The number of piperidine rings is 1. The van der Waals surface area contributed by atoms with Gasteiger partial charge in [-0.05, 0) is 31.2 Å². The summed E-state index contributed by atoms with van der Waals surface area (Å²) >= 11 is 0. The van der Waals surface area contributed by atoms with Gasteiger partial charge in [0.05, 0.1) is 5.56 Å². The molecular weight excluding hydrogens is 315 g/mol. The number of aliphatic carboxylic acids is 1. The molecule has 0 bridgehead atoms. The summed E-state index contributed by atoms with van der Waals surface area (Å²) in [6.07, 6.45) is 1.69. The molecule has 1 unspecified atom stereocenters. The smallest absolute Gasteiger partial charge is 0.303 e. The fourth-order valence-corrected chi connectivity index (χ4v) is 2.73. The molecule has 1 aliphatic heterocycles. The highest BCUT2D eigenvalue weighted by atomic mass is 19.2. The number of phenolic OH excluding ortho intramolecular Hbond substituents is 1. The summed E-state index contributed by atoms with van der Waals surface area (Å²) in [5.41, 5.74) is -0.736. The minimum Gasteiger partial charge on any atom is -0.503 e. The Labute approximate surface area is 130 Å². The zero-order chi connectivity index (χ0) is 17.1. The number of likely N-dealkylation sites (tertiary alicyclic amines) is 1. The van der Waals surface area contributed by atoms with Crippen molar-refractivity contribution >= 4 is 11.9 Å². The highest BCUT2D eigenvalue weighted by Gasteiger charge is 2.29. The zero-order valence-corrected chi connectivity index (χ0v) is 12.2. The van der Waals surface area contributed by atoms with Crippen molar-refractivity contribution in [1.29, 1.82) is 0 Å². The number of benzene rings is 1. The lowest BCUT2D eigenvalue weighted by molar-refractivity contribution is -0.137. The Balaban J connectivity index is 2.15. The van der Waals surface area contributed by atoms with E-state index in [4.69, 9.17) is 5.11 Å². The van der Waals surface area contributed by atoms with Crippen molar-refractivity contribution in [1.82, 2.24) is 4.90 Å². The summed E-state index contributed by atoms with van der Waals surface area (Å²) in [7, 11) is 0. The number of aromatic hydroxyl groups is 1. The Kier molecular flexibility index (Phi) is 5.12. The molecule has 1 atom stereocenters. The number of carboxylic acids is 1. The zero-order valence-electron chi connectivity index (χ0n) is 12.2. The quantitative estimate of drug-likeness (QED) is 0.831. The van der Waals surface area contributed by atoms with Gasteiger partial charge >= 0.3 is 5.97 Å². The average Bonchev–Trinajstić information content (AvgIpc) is 2.54. The number of carboxylic acid groups (broad SMARTS) is 1. The number of carbonyl (C=O) groups is 2. The summed E-state index contributed by atoms with van der Waals surface area (Å²) < 4.78 is 40.2. The Morgan fingerprint density at radius 1 is 1.26 bits per heavy atom. The van der Waals surface area contributed by atoms with E-state index in [1.165, 1.54) is 4.90 Å². The van der Waals surface area contributed by atoms with Crippen LogP contribution in [0.4, 0.5) is 13.2 Å². The third-order valence-corrected chi connectivity index (χ3v) is 3.94. The van der Waals surface area contributed by atoms with Crippen molar-refractivity contribution in [3.8, 4) is 5.75 Å². The number of carbonyl (C=O) groups excluding carboxylic acids is 1. The lowest BCUT2D eigenvalue weighted by atomic mass is 9.93. The largest absolute Gasteiger partial charge is 0.503 e. The summed E-state index contributed by atoms with van der Waals surface area (Å²) in [5, 5.41) is 17.9. The third-order valence-electron chi connectivity index (χ3n) is 3.94. The van der Waals surface area contributed by atoms with E-state index in [2.05, 4.69) is 0 Å². The van der Waals surface area contributed by atoms with Crippen LogP contribution < -0.4 is 0 Å².